The van der Waals surface area contributed by atoms with Crippen LogP contribution in [0.4, 0.5) is 10.2 Å². The molecule has 1 unspecified atom stereocenters. The third-order valence-electron chi connectivity index (χ3n) is 4.83. The number of carbonyl (C=O) groups is 1. The number of aromatic nitrogens is 6. The zero-order valence-corrected chi connectivity index (χ0v) is 18.8. The Morgan fingerprint density at radius 1 is 1.18 bits per heavy atom. The Labute approximate surface area is 193 Å². The Hall–Kier alpha value is -3.92. The van der Waals surface area contributed by atoms with Gasteiger partial charge in [-0.3, -0.25) is 14.5 Å². The minimum Gasteiger partial charge on any atom is -0.382 e. The Balaban J connectivity index is 1.77. The van der Waals surface area contributed by atoms with E-state index in [-0.39, 0.29) is 16.7 Å². The molecule has 0 aliphatic carbocycles. The molecule has 4 heterocycles. The summed E-state index contributed by atoms with van der Waals surface area (Å²) in [6.07, 6.45) is 2.85. The summed E-state index contributed by atoms with van der Waals surface area (Å²) in [4.78, 5) is 30.2. The first-order valence-corrected chi connectivity index (χ1v) is 10.3. The molecule has 0 saturated heterocycles. The van der Waals surface area contributed by atoms with Crippen molar-refractivity contribution in [1.82, 2.24) is 35.0 Å². The molecule has 0 fully saturated rings. The van der Waals surface area contributed by atoms with Gasteiger partial charge in [0.25, 0.3) is 5.91 Å². The van der Waals surface area contributed by atoms with Crippen LogP contribution in [-0.4, -0.2) is 35.6 Å². The molecule has 4 rings (SSSR count). The van der Waals surface area contributed by atoms with Crippen molar-refractivity contribution in [3.63, 3.8) is 0 Å². The molecule has 0 spiro atoms. The van der Waals surface area contributed by atoms with Crippen molar-refractivity contribution in [2.24, 2.45) is 7.05 Å². The van der Waals surface area contributed by atoms with Gasteiger partial charge in [0.2, 0.25) is 0 Å². The van der Waals surface area contributed by atoms with Crippen LogP contribution in [-0.2, 0) is 7.05 Å². The van der Waals surface area contributed by atoms with Crippen molar-refractivity contribution in [3.05, 3.63) is 70.8 Å². The van der Waals surface area contributed by atoms with Crippen LogP contribution < -0.4 is 11.1 Å². The molecular formula is C22H20ClFN8O. The first-order valence-electron chi connectivity index (χ1n) is 9.95. The van der Waals surface area contributed by atoms with Crippen molar-refractivity contribution in [2.75, 3.05) is 5.73 Å². The van der Waals surface area contributed by atoms with E-state index in [0.29, 0.717) is 34.0 Å². The fraction of sp³-hybridized carbons (Fsp3) is 0.182. The number of nitrogens with one attached hydrogen (secondary N) is 1. The monoisotopic (exact) mass is 466 g/mol. The number of anilines is 1. The highest BCUT2D eigenvalue weighted by Gasteiger charge is 2.23. The zero-order chi connectivity index (χ0) is 23.7. The molecule has 9 nitrogen and oxygen atoms in total. The number of hydrogen-bond donors (Lipinski definition) is 2. The van der Waals surface area contributed by atoms with Gasteiger partial charge in [0.05, 0.1) is 23.6 Å². The molecule has 0 bridgehead atoms. The van der Waals surface area contributed by atoms with Gasteiger partial charge in [-0.15, -0.1) is 0 Å². The van der Waals surface area contributed by atoms with E-state index >= 15 is 0 Å². The topological polar surface area (TPSA) is 124 Å². The van der Waals surface area contributed by atoms with Gasteiger partial charge < -0.3 is 11.1 Å². The van der Waals surface area contributed by atoms with Gasteiger partial charge in [0.15, 0.2) is 11.5 Å². The SMILES string of the molecule is Cc1cc(-c2nc(C(=O)NC(C)c3ccc(F)cn3)c(N)nc2-c2ccn(C)n2)cc(Cl)n1. The van der Waals surface area contributed by atoms with E-state index in [1.165, 1.54) is 12.1 Å². The minimum absolute atomic E-state index is 0.0620. The fourth-order valence-corrected chi connectivity index (χ4v) is 3.53. The molecule has 4 aromatic heterocycles. The third-order valence-corrected chi connectivity index (χ3v) is 5.02. The lowest BCUT2D eigenvalue weighted by molar-refractivity contribution is 0.0935. The van der Waals surface area contributed by atoms with Crippen molar-refractivity contribution >= 4 is 23.3 Å². The second-order valence-electron chi connectivity index (χ2n) is 7.45. The van der Waals surface area contributed by atoms with E-state index in [9.17, 15) is 9.18 Å². The third kappa shape index (κ3) is 4.80. The van der Waals surface area contributed by atoms with Crippen LogP contribution in [0.1, 0.15) is 34.8 Å². The van der Waals surface area contributed by atoms with Crippen molar-refractivity contribution in [2.45, 2.75) is 19.9 Å². The number of nitrogen functional groups attached to an aromatic ring is 1. The maximum atomic E-state index is 13.2. The maximum Gasteiger partial charge on any atom is 0.274 e. The highest BCUT2D eigenvalue weighted by Crippen LogP contribution is 2.31. The molecule has 0 aliphatic rings. The van der Waals surface area contributed by atoms with Crippen molar-refractivity contribution in [3.8, 4) is 22.6 Å². The molecule has 168 valence electrons. The summed E-state index contributed by atoms with van der Waals surface area (Å²) in [6, 6.07) is 7.43. The number of carbonyl (C=O) groups excluding carboxylic acids is 1. The summed E-state index contributed by atoms with van der Waals surface area (Å²) in [5.74, 6) is -1.08. The summed E-state index contributed by atoms with van der Waals surface area (Å²) >= 11 is 6.17. The van der Waals surface area contributed by atoms with Gasteiger partial charge in [-0.25, -0.2) is 19.3 Å². The Bertz CT molecular complexity index is 1320. The van der Waals surface area contributed by atoms with E-state index in [1.54, 1.807) is 50.0 Å². The molecule has 3 N–H and O–H groups in total. The average molecular weight is 467 g/mol. The van der Waals surface area contributed by atoms with E-state index < -0.39 is 17.8 Å². The van der Waals surface area contributed by atoms with E-state index in [4.69, 9.17) is 17.3 Å². The van der Waals surface area contributed by atoms with E-state index in [1.807, 2.05) is 0 Å². The number of nitrogens with two attached hydrogens (primary N) is 1. The normalized spacial score (nSPS) is 11.9. The number of rotatable bonds is 5. The summed E-state index contributed by atoms with van der Waals surface area (Å²) in [7, 11) is 1.78. The predicted octanol–water partition coefficient (Wildman–Crippen LogP) is 3.51. The van der Waals surface area contributed by atoms with Crippen LogP contribution in [0.15, 0.2) is 42.7 Å². The summed E-state index contributed by atoms with van der Waals surface area (Å²) in [6.45, 7) is 3.52. The van der Waals surface area contributed by atoms with Crippen LogP contribution in [0.2, 0.25) is 5.15 Å². The van der Waals surface area contributed by atoms with Crippen molar-refractivity contribution < 1.29 is 9.18 Å². The number of amides is 1. The highest BCUT2D eigenvalue weighted by atomic mass is 35.5. The summed E-state index contributed by atoms with van der Waals surface area (Å²) in [5.41, 5.74) is 9.16. The van der Waals surface area contributed by atoms with Gasteiger partial charge in [0, 0.05) is 24.5 Å². The summed E-state index contributed by atoms with van der Waals surface area (Å²) < 4.78 is 14.8. The molecular weight excluding hydrogens is 447 g/mol. The average Bonchev–Trinajstić information content (AvgIpc) is 3.19. The molecule has 1 amide bonds. The van der Waals surface area contributed by atoms with Gasteiger partial charge in [0.1, 0.15) is 22.4 Å². The molecule has 0 aliphatic heterocycles. The highest BCUT2D eigenvalue weighted by molar-refractivity contribution is 6.29. The van der Waals surface area contributed by atoms with Gasteiger partial charge in [-0.2, -0.15) is 5.10 Å². The summed E-state index contributed by atoms with van der Waals surface area (Å²) in [5, 5.41) is 7.44. The Morgan fingerprint density at radius 3 is 2.61 bits per heavy atom. The van der Waals surface area contributed by atoms with Crippen LogP contribution in [0.5, 0.6) is 0 Å². The van der Waals surface area contributed by atoms with Gasteiger partial charge in [-0.1, -0.05) is 11.6 Å². The molecule has 4 aromatic rings. The zero-order valence-electron chi connectivity index (χ0n) is 18.0. The first-order chi connectivity index (χ1) is 15.7. The Morgan fingerprint density at radius 2 is 1.97 bits per heavy atom. The minimum atomic E-state index is -0.552. The number of nitrogens with zero attached hydrogens (tertiary/aromatic N) is 6. The molecule has 11 heteroatoms. The Kier molecular flexibility index (Phi) is 6.01. The van der Waals surface area contributed by atoms with Gasteiger partial charge >= 0.3 is 0 Å². The lowest BCUT2D eigenvalue weighted by atomic mass is 10.1. The quantitative estimate of drug-likeness (QED) is 0.431. The lowest BCUT2D eigenvalue weighted by Gasteiger charge is -2.15. The van der Waals surface area contributed by atoms with Crippen LogP contribution in [0.3, 0.4) is 0 Å². The maximum absolute atomic E-state index is 13.2. The largest absolute Gasteiger partial charge is 0.382 e. The lowest BCUT2D eigenvalue weighted by Crippen LogP contribution is -2.29. The molecule has 33 heavy (non-hydrogen) atoms. The van der Waals surface area contributed by atoms with Crippen molar-refractivity contribution in [1.29, 1.82) is 0 Å². The van der Waals surface area contributed by atoms with E-state index in [2.05, 4.69) is 30.4 Å². The molecule has 0 saturated carbocycles. The van der Waals surface area contributed by atoms with Crippen LogP contribution in [0.25, 0.3) is 22.6 Å². The van der Waals surface area contributed by atoms with Crippen LogP contribution in [0, 0.1) is 12.7 Å². The fourth-order valence-electron chi connectivity index (χ4n) is 3.28. The smallest absolute Gasteiger partial charge is 0.274 e. The second kappa shape index (κ2) is 8.91. The molecule has 0 aromatic carbocycles. The molecule has 1 atom stereocenters. The first kappa shape index (κ1) is 22.3. The second-order valence-corrected chi connectivity index (χ2v) is 7.83. The standard InChI is InChI=1S/C22H20ClFN8O/c1-11-8-13(9-17(23)27-11)18-19(16-6-7-32(3)31-16)30-21(25)20(29-18)22(33)28-12(2)15-5-4-14(24)10-26-15/h4-10,12H,1-3H3,(H2,25,30)(H,28,33). The number of hydrogen-bond acceptors (Lipinski definition) is 7. The number of aryl methyl sites for hydroxylation is 2. The number of halogens is 2. The predicted molar refractivity (Wildman–Crippen MR) is 122 cm³/mol. The van der Waals surface area contributed by atoms with Crippen LogP contribution >= 0.6 is 11.6 Å². The van der Waals surface area contributed by atoms with Gasteiger partial charge in [-0.05, 0) is 44.2 Å². The van der Waals surface area contributed by atoms with E-state index in [0.717, 1.165) is 6.20 Å². The number of pyridine rings is 2. The molecule has 0 radical (unpaired) electrons.